The SMILES string of the molecule is CCc1ccc(C(=O)N2CCN(c3cc(Cl)c(C(F)(F)F)cc3[N+](=O)[O-])CC2)cc1. The Labute approximate surface area is 176 Å². The topological polar surface area (TPSA) is 66.7 Å². The summed E-state index contributed by atoms with van der Waals surface area (Å²) in [7, 11) is 0. The molecule has 1 saturated heterocycles. The van der Waals surface area contributed by atoms with Crippen molar-refractivity contribution in [1.82, 2.24) is 4.90 Å². The molecular weight excluding hydrogens is 423 g/mol. The van der Waals surface area contributed by atoms with Crippen LogP contribution in [0.1, 0.15) is 28.4 Å². The molecule has 1 heterocycles. The lowest BCUT2D eigenvalue weighted by Gasteiger charge is -2.36. The van der Waals surface area contributed by atoms with E-state index in [2.05, 4.69) is 0 Å². The van der Waals surface area contributed by atoms with Crippen LogP contribution in [-0.2, 0) is 12.6 Å². The van der Waals surface area contributed by atoms with Gasteiger partial charge >= 0.3 is 6.18 Å². The first-order valence-corrected chi connectivity index (χ1v) is 9.68. The van der Waals surface area contributed by atoms with Crippen molar-refractivity contribution in [2.75, 3.05) is 31.1 Å². The van der Waals surface area contributed by atoms with Crippen molar-refractivity contribution in [1.29, 1.82) is 0 Å². The summed E-state index contributed by atoms with van der Waals surface area (Å²) < 4.78 is 39.2. The van der Waals surface area contributed by atoms with Crippen LogP contribution >= 0.6 is 11.6 Å². The average molecular weight is 442 g/mol. The first-order chi connectivity index (χ1) is 14.1. The summed E-state index contributed by atoms with van der Waals surface area (Å²) in [6, 6.07) is 8.73. The maximum Gasteiger partial charge on any atom is 0.418 e. The molecule has 0 saturated carbocycles. The molecule has 0 spiro atoms. The van der Waals surface area contributed by atoms with Crippen LogP contribution in [-0.4, -0.2) is 41.9 Å². The molecule has 0 bridgehead atoms. The number of anilines is 1. The summed E-state index contributed by atoms with van der Waals surface area (Å²) in [6.07, 6.45) is -3.93. The Balaban J connectivity index is 1.78. The normalized spacial score (nSPS) is 14.7. The van der Waals surface area contributed by atoms with Gasteiger partial charge in [-0.3, -0.25) is 14.9 Å². The highest BCUT2D eigenvalue weighted by molar-refractivity contribution is 6.31. The first-order valence-electron chi connectivity index (χ1n) is 9.30. The van der Waals surface area contributed by atoms with E-state index in [1.54, 1.807) is 21.9 Å². The summed E-state index contributed by atoms with van der Waals surface area (Å²) in [4.78, 5) is 26.4. The van der Waals surface area contributed by atoms with E-state index in [0.29, 0.717) is 11.6 Å². The van der Waals surface area contributed by atoms with Gasteiger partial charge in [0.2, 0.25) is 0 Å². The lowest BCUT2D eigenvalue weighted by molar-refractivity contribution is -0.384. The summed E-state index contributed by atoms with van der Waals surface area (Å²) in [5.41, 5.74) is -0.241. The number of halogens is 4. The van der Waals surface area contributed by atoms with Crippen LogP contribution in [0.3, 0.4) is 0 Å². The number of hydrogen-bond donors (Lipinski definition) is 0. The number of nitro benzene ring substituents is 1. The summed E-state index contributed by atoms with van der Waals surface area (Å²) in [5.74, 6) is -0.155. The molecule has 2 aromatic carbocycles. The maximum atomic E-state index is 13.1. The van der Waals surface area contributed by atoms with Crippen molar-refractivity contribution in [3.63, 3.8) is 0 Å². The van der Waals surface area contributed by atoms with Crippen LogP contribution < -0.4 is 4.90 Å². The van der Waals surface area contributed by atoms with Crippen LogP contribution in [0.4, 0.5) is 24.5 Å². The van der Waals surface area contributed by atoms with E-state index < -0.39 is 27.4 Å². The zero-order valence-corrected chi connectivity index (χ0v) is 16.8. The van der Waals surface area contributed by atoms with Gasteiger partial charge < -0.3 is 9.80 Å². The predicted octanol–water partition coefficient (Wildman–Crippen LogP) is 4.79. The molecule has 0 unspecified atom stereocenters. The Morgan fingerprint density at radius 1 is 1.13 bits per heavy atom. The third-order valence-corrected chi connectivity index (χ3v) is 5.40. The highest BCUT2D eigenvalue weighted by atomic mass is 35.5. The van der Waals surface area contributed by atoms with Crippen molar-refractivity contribution in [3.8, 4) is 0 Å². The van der Waals surface area contributed by atoms with E-state index in [0.717, 1.165) is 18.1 Å². The number of nitrogens with zero attached hydrogens (tertiary/aromatic N) is 3. The Morgan fingerprint density at radius 3 is 2.23 bits per heavy atom. The number of hydrogen-bond acceptors (Lipinski definition) is 4. The molecule has 0 N–H and O–H groups in total. The van der Waals surface area contributed by atoms with Crippen molar-refractivity contribution in [3.05, 3.63) is 68.2 Å². The molecule has 0 aliphatic carbocycles. The zero-order chi connectivity index (χ0) is 22.1. The van der Waals surface area contributed by atoms with Gasteiger partial charge in [0.1, 0.15) is 5.69 Å². The van der Waals surface area contributed by atoms with E-state index in [9.17, 15) is 28.1 Å². The van der Waals surface area contributed by atoms with Gasteiger partial charge in [0, 0.05) is 37.8 Å². The second-order valence-corrected chi connectivity index (χ2v) is 7.31. The Kier molecular flexibility index (Phi) is 6.21. The second kappa shape index (κ2) is 8.51. The molecule has 30 heavy (non-hydrogen) atoms. The molecule has 160 valence electrons. The second-order valence-electron chi connectivity index (χ2n) is 6.91. The Morgan fingerprint density at radius 2 is 1.73 bits per heavy atom. The van der Waals surface area contributed by atoms with Gasteiger partial charge in [-0.2, -0.15) is 13.2 Å². The Hall–Kier alpha value is -2.81. The van der Waals surface area contributed by atoms with E-state index >= 15 is 0 Å². The number of carbonyl (C=O) groups is 1. The number of aryl methyl sites for hydroxylation is 1. The maximum absolute atomic E-state index is 13.1. The molecule has 1 amide bonds. The lowest BCUT2D eigenvalue weighted by atomic mass is 10.1. The highest BCUT2D eigenvalue weighted by Crippen LogP contribution is 2.41. The van der Waals surface area contributed by atoms with Gasteiger partial charge in [0.15, 0.2) is 0 Å². The summed E-state index contributed by atoms with van der Waals surface area (Å²) in [5, 5.41) is 10.8. The minimum atomic E-state index is -4.79. The number of rotatable bonds is 4. The van der Waals surface area contributed by atoms with Gasteiger partial charge in [0.05, 0.1) is 15.5 Å². The molecule has 0 radical (unpaired) electrons. The molecule has 6 nitrogen and oxygen atoms in total. The van der Waals surface area contributed by atoms with Gasteiger partial charge in [-0.15, -0.1) is 0 Å². The third kappa shape index (κ3) is 4.51. The predicted molar refractivity (Wildman–Crippen MR) is 107 cm³/mol. The monoisotopic (exact) mass is 441 g/mol. The largest absolute Gasteiger partial charge is 0.418 e. The molecule has 1 aliphatic rings. The molecule has 10 heteroatoms. The molecule has 0 aromatic heterocycles. The Bertz CT molecular complexity index is 956. The van der Waals surface area contributed by atoms with Crippen LogP contribution in [0.2, 0.25) is 5.02 Å². The molecular formula is C20H19ClF3N3O3. The number of nitro groups is 1. The fourth-order valence-corrected chi connectivity index (χ4v) is 3.65. The third-order valence-electron chi connectivity index (χ3n) is 5.08. The van der Waals surface area contributed by atoms with Crippen LogP contribution in [0.25, 0.3) is 0 Å². The van der Waals surface area contributed by atoms with E-state index in [4.69, 9.17) is 11.6 Å². The first kappa shape index (κ1) is 21.9. The molecule has 1 aliphatic heterocycles. The number of benzene rings is 2. The smallest absolute Gasteiger partial charge is 0.362 e. The summed E-state index contributed by atoms with van der Waals surface area (Å²) in [6.45, 7) is 3.06. The minimum absolute atomic E-state index is 0.0115. The van der Waals surface area contributed by atoms with Gasteiger partial charge in [-0.1, -0.05) is 30.7 Å². The van der Waals surface area contributed by atoms with Crippen LogP contribution in [0.15, 0.2) is 36.4 Å². The number of piperazine rings is 1. The minimum Gasteiger partial charge on any atom is -0.362 e. The molecule has 3 rings (SSSR count). The fourth-order valence-electron chi connectivity index (χ4n) is 3.38. The number of carbonyl (C=O) groups excluding carboxylic acids is 1. The van der Waals surface area contributed by atoms with Crippen LogP contribution in [0, 0.1) is 10.1 Å². The van der Waals surface area contributed by atoms with Crippen LogP contribution in [0.5, 0.6) is 0 Å². The van der Waals surface area contributed by atoms with Crippen molar-refractivity contribution in [2.24, 2.45) is 0 Å². The lowest BCUT2D eigenvalue weighted by Crippen LogP contribution is -2.49. The molecule has 2 aromatic rings. The van der Waals surface area contributed by atoms with E-state index in [1.807, 2.05) is 19.1 Å². The average Bonchev–Trinajstić information content (AvgIpc) is 2.72. The standard InChI is InChI=1S/C20H19ClF3N3O3/c1-2-13-3-5-14(6-4-13)19(28)26-9-7-25(8-10-26)17-12-16(21)15(20(22,23)24)11-18(17)27(29)30/h3-6,11-12H,2,7-10H2,1H3. The summed E-state index contributed by atoms with van der Waals surface area (Å²) >= 11 is 5.76. The van der Waals surface area contributed by atoms with Crippen molar-refractivity contribution < 1.29 is 22.9 Å². The number of amides is 1. The number of alkyl halides is 3. The molecule has 0 atom stereocenters. The molecule has 1 fully saturated rings. The van der Waals surface area contributed by atoms with E-state index in [1.165, 1.54) is 0 Å². The van der Waals surface area contributed by atoms with Crippen molar-refractivity contribution >= 4 is 28.9 Å². The van der Waals surface area contributed by atoms with Gasteiger partial charge in [-0.25, -0.2) is 0 Å². The quantitative estimate of drug-likeness (QED) is 0.505. The highest BCUT2D eigenvalue weighted by Gasteiger charge is 2.37. The van der Waals surface area contributed by atoms with E-state index in [-0.39, 0.29) is 37.8 Å². The van der Waals surface area contributed by atoms with Gasteiger partial charge in [0.25, 0.3) is 11.6 Å². The van der Waals surface area contributed by atoms with Crippen molar-refractivity contribution in [2.45, 2.75) is 19.5 Å². The zero-order valence-electron chi connectivity index (χ0n) is 16.1. The van der Waals surface area contributed by atoms with Gasteiger partial charge in [-0.05, 0) is 30.2 Å². The fraction of sp³-hybridized carbons (Fsp3) is 0.350.